The van der Waals surface area contributed by atoms with E-state index in [1.54, 1.807) is 30.2 Å². The summed E-state index contributed by atoms with van der Waals surface area (Å²) in [5.74, 6) is 1.77. The van der Waals surface area contributed by atoms with Gasteiger partial charge in [0, 0.05) is 34.3 Å². The SMILES string of the molecule is S=C(NCCSCc1ccc(Cl)cc1Cl)Nc1cccnc1. The van der Waals surface area contributed by atoms with Crippen molar-refractivity contribution in [2.45, 2.75) is 5.75 Å². The van der Waals surface area contributed by atoms with E-state index >= 15 is 0 Å². The molecule has 0 saturated carbocycles. The minimum atomic E-state index is 0.595. The Morgan fingerprint density at radius 2 is 2.14 bits per heavy atom. The monoisotopic (exact) mass is 371 g/mol. The van der Waals surface area contributed by atoms with Crippen molar-refractivity contribution < 1.29 is 0 Å². The van der Waals surface area contributed by atoms with Crippen LogP contribution >= 0.6 is 47.2 Å². The van der Waals surface area contributed by atoms with Gasteiger partial charge in [-0.05, 0) is 42.0 Å². The number of halogens is 2. The maximum absolute atomic E-state index is 6.13. The zero-order chi connectivity index (χ0) is 15.8. The summed E-state index contributed by atoms with van der Waals surface area (Å²) in [5, 5.41) is 8.20. The number of nitrogens with one attached hydrogen (secondary N) is 2. The van der Waals surface area contributed by atoms with Gasteiger partial charge in [0.2, 0.25) is 0 Å². The summed E-state index contributed by atoms with van der Waals surface area (Å²) in [4.78, 5) is 4.02. The Labute approximate surface area is 149 Å². The lowest BCUT2D eigenvalue weighted by atomic mass is 10.2. The van der Waals surface area contributed by atoms with E-state index in [2.05, 4.69) is 15.6 Å². The highest BCUT2D eigenvalue weighted by atomic mass is 35.5. The minimum Gasteiger partial charge on any atom is -0.362 e. The van der Waals surface area contributed by atoms with Crippen LogP contribution in [-0.4, -0.2) is 22.4 Å². The number of aromatic nitrogens is 1. The molecule has 0 aliphatic carbocycles. The molecule has 0 spiro atoms. The van der Waals surface area contributed by atoms with Crippen LogP contribution in [0.3, 0.4) is 0 Å². The molecular formula is C15H15Cl2N3S2. The van der Waals surface area contributed by atoms with E-state index in [9.17, 15) is 0 Å². The van der Waals surface area contributed by atoms with E-state index in [1.165, 1.54) is 0 Å². The zero-order valence-corrected chi connectivity index (χ0v) is 14.8. The molecule has 0 amide bonds. The molecule has 116 valence electrons. The molecule has 1 heterocycles. The minimum absolute atomic E-state index is 0.595. The average Bonchev–Trinajstić information content (AvgIpc) is 2.50. The Kier molecular flexibility index (Phi) is 7.25. The third-order valence-corrected chi connectivity index (χ3v) is 4.57. The normalized spacial score (nSPS) is 10.3. The molecule has 0 bridgehead atoms. The maximum atomic E-state index is 6.13. The van der Waals surface area contributed by atoms with Gasteiger partial charge in [0.25, 0.3) is 0 Å². The molecule has 0 radical (unpaired) electrons. The number of hydrogen-bond donors (Lipinski definition) is 2. The number of thioether (sulfide) groups is 1. The van der Waals surface area contributed by atoms with E-state index < -0.39 is 0 Å². The number of hydrogen-bond acceptors (Lipinski definition) is 3. The molecular weight excluding hydrogens is 357 g/mol. The molecule has 2 rings (SSSR count). The molecule has 0 unspecified atom stereocenters. The zero-order valence-electron chi connectivity index (χ0n) is 11.7. The molecule has 22 heavy (non-hydrogen) atoms. The Hall–Kier alpha value is -1.01. The van der Waals surface area contributed by atoms with Crippen LogP contribution in [0.5, 0.6) is 0 Å². The largest absolute Gasteiger partial charge is 0.362 e. The molecule has 0 atom stereocenters. The quantitative estimate of drug-likeness (QED) is 0.572. The number of benzene rings is 1. The van der Waals surface area contributed by atoms with Gasteiger partial charge < -0.3 is 10.6 Å². The Balaban J connectivity index is 1.64. The highest BCUT2D eigenvalue weighted by Crippen LogP contribution is 2.24. The fourth-order valence-electron chi connectivity index (χ4n) is 1.67. The molecule has 0 saturated heterocycles. The lowest BCUT2D eigenvalue weighted by Gasteiger charge is -2.10. The summed E-state index contributed by atoms with van der Waals surface area (Å²) in [6.45, 7) is 0.780. The molecule has 3 nitrogen and oxygen atoms in total. The van der Waals surface area contributed by atoms with Crippen molar-refractivity contribution in [2.75, 3.05) is 17.6 Å². The van der Waals surface area contributed by atoms with Crippen LogP contribution in [0.4, 0.5) is 5.69 Å². The summed E-state index contributed by atoms with van der Waals surface area (Å²) in [6, 6.07) is 9.35. The Bertz CT molecular complexity index is 623. The predicted octanol–water partition coefficient (Wildman–Crippen LogP) is 4.61. The van der Waals surface area contributed by atoms with Crippen LogP contribution in [0.25, 0.3) is 0 Å². The first kappa shape index (κ1) is 17.3. The Morgan fingerprint density at radius 3 is 2.86 bits per heavy atom. The highest BCUT2D eigenvalue weighted by molar-refractivity contribution is 7.98. The van der Waals surface area contributed by atoms with Crippen molar-refractivity contribution in [3.05, 3.63) is 58.3 Å². The topological polar surface area (TPSA) is 37.0 Å². The summed E-state index contributed by atoms with van der Waals surface area (Å²) in [7, 11) is 0. The second-order valence-corrected chi connectivity index (χ2v) is 6.77. The van der Waals surface area contributed by atoms with Gasteiger partial charge in [-0.2, -0.15) is 11.8 Å². The summed E-state index contributed by atoms with van der Waals surface area (Å²) in [6.07, 6.45) is 3.45. The second-order valence-electron chi connectivity index (χ2n) is 4.41. The number of thiocarbonyl (C=S) groups is 1. The molecule has 1 aromatic carbocycles. The van der Waals surface area contributed by atoms with Gasteiger partial charge in [-0.1, -0.05) is 29.3 Å². The van der Waals surface area contributed by atoms with Gasteiger partial charge in [-0.3, -0.25) is 4.98 Å². The number of rotatable bonds is 6. The third kappa shape index (κ3) is 6.01. The van der Waals surface area contributed by atoms with Crippen molar-refractivity contribution >= 4 is 58.0 Å². The predicted molar refractivity (Wildman–Crippen MR) is 101 cm³/mol. The molecule has 2 N–H and O–H groups in total. The Morgan fingerprint density at radius 1 is 1.27 bits per heavy atom. The van der Waals surface area contributed by atoms with Crippen LogP contribution in [0.2, 0.25) is 10.0 Å². The lowest BCUT2D eigenvalue weighted by Crippen LogP contribution is -2.30. The van der Waals surface area contributed by atoms with E-state index in [-0.39, 0.29) is 0 Å². The molecule has 1 aromatic heterocycles. The van der Waals surface area contributed by atoms with Gasteiger partial charge in [0.1, 0.15) is 0 Å². The first-order chi connectivity index (χ1) is 10.6. The van der Waals surface area contributed by atoms with Crippen molar-refractivity contribution in [3.8, 4) is 0 Å². The van der Waals surface area contributed by atoms with Gasteiger partial charge in [-0.25, -0.2) is 0 Å². The van der Waals surface area contributed by atoms with Crippen LogP contribution in [0.1, 0.15) is 5.56 Å². The van der Waals surface area contributed by atoms with Crippen molar-refractivity contribution in [3.63, 3.8) is 0 Å². The van der Waals surface area contributed by atoms with Gasteiger partial charge in [0.15, 0.2) is 5.11 Å². The average molecular weight is 372 g/mol. The van der Waals surface area contributed by atoms with E-state index in [1.807, 2.05) is 24.3 Å². The third-order valence-electron chi connectivity index (χ3n) is 2.72. The molecule has 0 fully saturated rings. The van der Waals surface area contributed by atoms with E-state index in [4.69, 9.17) is 35.4 Å². The fraction of sp³-hybridized carbons (Fsp3) is 0.200. The number of anilines is 1. The second kappa shape index (κ2) is 9.20. The highest BCUT2D eigenvalue weighted by Gasteiger charge is 2.02. The van der Waals surface area contributed by atoms with Crippen molar-refractivity contribution in [1.29, 1.82) is 0 Å². The molecule has 0 aliphatic heterocycles. The maximum Gasteiger partial charge on any atom is 0.170 e. The van der Waals surface area contributed by atoms with E-state index in [0.29, 0.717) is 15.2 Å². The molecule has 7 heteroatoms. The standard InChI is InChI=1S/C15H15Cl2N3S2/c16-12-4-3-11(14(17)8-12)10-22-7-6-19-15(21)20-13-2-1-5-18-9-13/h1-5,8-9H,6-7,10H2,(H2,19,20,21). The molecule has 2 aromatic rings. The van der Waals surface area contributed by atoms with Crippen LogP contribution in [-0.2, 0) is 5.75 Å². The van der Waals surface area contributed by atoms with Crippen LogP contribution in [0, 0.1) is 0 Å². The van der Waals surface area contributed by atoms with Gasteiger partial charge in [0.05, 0.1) is 11.9 Å². The van der Waals surface area contributed by atoms with Crippen LogP contribution in [0.15, 0.2) is 42.7 Å². The first-order valence-corrected chi connectivity index (χ1v) is 8.93. The van der Waals surface area contributed by atoms with Gasteiger partial charge >= 0.3 is 0 Å². The lowest BCUT2D eigenvalue weighted by molar-refractivity contribution is 0.989. The summed E-state index contributed by atoms with van der Waals surface area (Å²) >= 11 is 19.0. The van der Waals surface area contributed by atoms with Crippen LogP contribution < -0.4 is 10.6 Å². The van der Waals surface area contributed by atoms with Gasteiger partial charge in [-0.15, -0.1) is 0 Å². The first-order valence-electron chi connectivity index (χ1n) is 6.61. The number of pyridine rings is 1. The van der Waals surface area contributed by atoms with Crippen molar-refractivity contribution in [1.82, 2.24) is 10.3 Å². The summed E-state index contributed by atoms with van der Waals surface area (Å²) < 4.78 is 0. The fourth-order valence-corrected chi connectivity index (χ4v) is 3.31. The number of nitrogens with zero attached hydrogens (tertiary/aromatic N) is 1. The summed E-state index contributed by atoms with van der Waals surface area (Å²) in [5.41, 5.74) is 1.97. The smallest absolute Gasteiger partial charge is 0.170 e. The molecule has 0 aliphatic rings. The van der Waals surface area contributed by atoms with Crippen molar-refractivity contribution in [2.24, 2.45) is 0 Å². The van der Waals surface area contributed by atoms with E-state index in [0.717, 1.165) is 29.3 Å².